The first-order chi connectivity index (χ1) is 10.6. The second-order valence-corrected chi connectivity index (χ2v) is 5.69. The van der Waals surface area contributed by atoms with Crippen molar-refractivity contribution in [3.8, 4) is 0 Å². The van der Waals surface area contributed by atoms with Gasteiger partial charge >= 0.3 is 0 Å². The fourth-order valence-electron chi connectivity index (χ4n) is 2.75. The van der Waals surface area contributed by atoms with Crippen LogP contribution in [0.1, 0.15) is 37.1 Å². The van der Waals surface area contributed by atoms with E-state index in [1.807, 2.05) is 4.90 Å². The van der Waals surface area contributed by atoms with Crippen LogP contribution in [-0.2, 0) is 16.0 Å². The van der Waals surface area contributed by atoms with Crippen LogP contribution in [0.3, 0.4) is 0 Å². The number of aromatic nitrogens is 1. The van der Waals surface area contributed by atoms with Crippen molar-refractivity contribution in [3.63, 3.8) is 0 Å². The number of amides is 2. The van der Waals surface area contributed by atoms with Crippen LogP contribution >= 0.6 is 12.4 Å². The molecule has 1 aromatic heterocycles. The van der Waals surface area contributed by atoms with Crippen molar-refractivity contribution in [2.75, 3.05) is 19.6 Å². The number of hydrogen-bond donors (Lipinski definition) is 2. The summed E-state index contributed by atoms with van der Waals surface area (Å²) in [6.45, 7) is 3.36. The molecule has 0 radical (unpaired) electrons. The zero-order valence-corrected chi connectivity index (χ0v) is 14.2. The Hall–Kier alpha value is -1.60. The molecule has 7 nitrogen and oxygen atoms in total. The van der Waals surface area contributed by atoms with Crippen molar-refractivity contribution in [2.45, 2.75) is 45.1 Å². The molecule has 0 bridgehead atoms. The normalized spacial score (nSPS) is 17.5. The van der Waals surface area contributed by atoms with Crippen LogP contribution in [-0.4, -0.2) is 47.5 Å². The lowest BCUT2D eigenvalue weighted by molar-refractivity contribution is -0.134. The molecule has 1 aliphatic heterocycles. The van der Waals surface area contributed by atoms with Gasteiger partial charge in [0.25, 0.3) is 0 Å². The third-order valence-electron chi connectivity index (χ3n) is 3.86. The van der Waals surface area contributed by atoms with E-state index in [0.29, 0.717) is 31.0 Å². The lowest BCUT2D eigenvalue weighted by Gasteiger charge is -2.35. The Morgan fingerprint density at radius 1 is 1.48 bits per heavy atom. The zero-order chi connectivity index (χ0) is 15.9. The second-order valence-electron chi connectivity index (χ2n) is 5.69. The summed E-state index contributed by atoms with van der Waals surface area (Å²) in [5.74, 6) is 0.672. The first-order valence-electron chi connectivity index (χ1n) is 7.78. The number of nitrogens with zero attached hydrogens (tertiary/aromatic N) is 2. The SMILES string of the molecule is Cc1cc(CC(=O)N2CCCCC2CNC(=O)CCN)no1.Cl. The van der Waals surface area contributed by atoms with Gasteiger partial charge in [0.1, 0.15) is 5.76 Å². The lowest BCUT2D eigenvalue weighted by Crippen LogP contribution is -2.50. The number of piperidine rings is 1. The molecule has 1 aliphatic rings. The largest absolute Gasteiger partial charge is 0.361 e. The first-order valence-corrected chi connectivity index (χ1v) is 7.78. The van der Waals surface area contributed by atoms with Crippen LogP contribution in [0, 0.1) is 6.92 Å². The topological polar surface area (TPSA) is 101 Å². The molecule has 2 heterocycles. The highest BCUT2D eigenvalue weighted by Gasteiger charge is 2.27. The van der Waals surface area contributed by atoms with E-state index in [0.717, 1.165) is 25.8 Å². The molecule has 0 aliphatic carbocycles. The van der Waals surface area contributed by atoms with Gasteiger partial charge in [0.05, 0.1) is 12.1 Å². The molecule has 23 heavy (non-hydrogen) atoms. The zero-order valence-electron chi connectivity index (χ0n) is 13.4. The third-order valence-corrected chi connectivity index (χ3v) is 3.86. The van der Waals surface area contributed by atoms with Crippen molar-refractivity contribution >= 4 is 24.2 Å². The number of hydrogen-bond acceptors (Lipinski definition) is 5. The number of nitrogens with one attached hydrogen (secondary N) is 1. The van der Waals surface area contributed by atoms with Gasteiger partial charge in [-0.05, 0) is 26.2 Å². The van der Waals surface area contributed by atoms with Crippen molar-refractivity contribution < 1.29 is 14.1 Å². The molecule has 130 valence electrons. The number of aryl methyl sites for hydroxylation is 1. The van der Waals surface area contributed by atoms with Gasteiger partial charge < -0.3 is 20.5 Å². The molecule has 1 atom stereocenters. The van der Waals surface area contributed by atoms with E-state index < -0.39 is 0 Å². The first kappa shape index (κ1) is 19.4. The Bertz CT molecular complexity index is 521. The Kier molecular flexibility index (Phi) is 8.05. The van der Waals surface area contributed by atoms with Gasteiger partial charge in [-0.2, -0.15) is 0 Å². The Morgan fingerprint density at radius 3 is 2.91 bits per heavy atom. The molecule has 0 spiro atoms. The van der Waals surface area contributed by atoms with E-state index >= 15 is 0 Å². The van der Waals surface area contributed by atoms with Gasteiger partial charge in [0.2, 0.25) is 11.8 Å². The van der Waals surface area contributed by atoms with E-state index in [2.05, 4.69) is 10.5 Å². The predicted octanol–water partition coefficient (Wildman–Crippen LogP) is 0.793. The van der Waals surface area contributed by atoms with Gasteiger partial charge in [-0.1, -0.05) is 5.16 Å². The minimum Gasteiger partial charge on any atom is -0.361 e. The third kappa shape index (κ3) is 5.84. The smallest absolute Gasteiger partial charge is 0.229 e. The van der Waals surface area contributed by atoms with Crippen LogP contribution in [0.25, 0.3) is 0 Å². The molecule has 0 aromatic carbocycles. The number of carbonyl (C=O) groups excluding carboxylic acids is 2. The van der Waals surface area contributed by atoms with Crippen LogP contribution in [0.15, 0.2) is 10.6 Å². The van der Waals surface area contributed by atoms with E-state index in [1.165, 1.54) is 0 Å². The summed E-state index contributed by atoms with van der Waals surface area (Å²) >= 11 is 0. The van der Waals surface area contributed by atoms with Crippen LogP contribution in [0.2, 0.25) is 0 Å². The van der Waals surface area contributed by atoms with E-state index in [-0.39, 0.29) is 36.7 Å². The molecular formula is C15H25ClN4O3. The lowest BCUT2D eigenvalue weighted by atomic mass is 10.0. The Labute approximate surface area is 142 Å². The van der Waals surface area contributed by atoms with Crippen molar-refractivity contribution in [3.05, 3.63) is 17.5 Å². The van der Waals surface area contributed by atoms with Gasteiger partial charge in [-0.25, -0.2) is 0 Å². The molecule has 1 saturated heterocycles. The summed E-state index contributed by atoms with van der Waals surface area (Å²) in [6, 6.07) is 1.83. The minimum absolute atomic E-state index is 0. The second kappa shape index (κ2) is 9.52. The fourth-order valence-corrected chi connectivity index (χ4v) is 2.75. The van der Waals surface area contributed by atoms with Gasteiger partial charge in [-0.3, -0.25) is 9.59 Å². The summed E-state index contributed by atoms with van der Waals surface area (Å²) in [5.41, 5.74) is 6.01. The summed E-state index contributed by atoms with van der Waals surface area (Å²) in [6.07, 6.45) is 3.54. The predicted molar refractivity (Wildman–Crippen MR) is 88.2 cm³/mol. The highest BCUT2D eigenvalue weighted by molar-refractivity contribution is 5.85. The maximum absolute atomic E-state index is 12.5. The van der Waals surface area contributed by atoms with Crippen molar-refractivity contribution in [2.24, 2.45) is 5.73 Å². The van der Waals surface area contributed by atoms with Crippen molar-refractivity contribution in [1.82, 2.24) is 15.4 Å². The van der Waals surface area contributed by atoms with Crippen molar-refractivity contribution in [1.29, 1.82) is 0 Å². The summed E-state index contributed by atoms with van der Waals surface area (Å²) in [4.78, 5) is 25.9. The summed E-state index contributed by atoms with van der Waals surface area (Å²) in [5, 5.41) is 6.73. The standard InChI is InChI=1S/C15H24N4O3.ClH/c1-11-8-12(18-22-11)9-15(21)19-7-3-2-4-13(19)10-17-14(20)5-6-16;/h8,13H,2-7,9-10,16H2,1H3,(H,17,20);1H. The minimum atomic E-state index is -0.0624. The summed E-state index contributed by atoms with van der Waals surface area (Å²) < 4.78 is 5.00. The molecule has 8 heteroatoms. The molecule has 1 unspecified atom stereocenters. The number of nitrogens with two attached hydrogens (primary N) is 1. The molecule has 1 aromatic rings. The van der Waals surface area contributed by atoms with Crippen LogP contribution < -0.4 is 11.1 Å². The molecule has 2 amide bonds. The fraction of sp³-hybridized carbons (Fsp3) is 0.667. The number of halogens is 1. The van der Waals surface area contributed by atoms with Crippen LogP contribution in [0.4, 0.5) is 0 Å². The molecular weight excluding hydrogens is 320 g/mol. The molecule has 3 N–H and O–H groups in total. The number of carbonyl (C=O) groups is 2. The number of rotatable bonds is 6. The highest BCUT2D eigenvalue weighted by Crippen LogP contribution is 2.18. The number of likely N-dealkylation sites (tertiary alicyclic amines) is 1. The molecule has 0 saturated carbocycles. The van der Waals surface area contributed by atoms with Gasteiger partial charge in [0, 0.05) is 38.2 Å². The summed E-state index contributed by atoms with van der Waals surface area (Å²) in [7, 11) is 0. The van der Waals surface area contributed by atoms with Gasteiger partial charge in [-0.15, -0.1) is 12.4 Å². The quantitative estimate of drug-likeness (QED) is 0.794. The van der Waals surface area contributed by atoms with E-state index in [1.54, 1.807) is 13.0 Å². The average Bonchev–Trinajstić information content (AvgIpc) is 2.91. The maximum atomic E-state index is 12.5. The van der Waals surface area contributed by atoms with Crippen LogP contribution in [0.5, 0.6) is 0 Å². The Balaban J connectivity index is 0.00000264. The van der Waals surface area contributed by atoms with Gasteiger partial charge in [0.15, 0.2) is 0 Å². The monoisotopic (exact) mass is 344 g/mol. The van der Waals surface area contributed by atoms with E-state index in [9.17, 15) is 9.59 Å². The van der Waals surface area contributed by atoms with E-state index in [4.69, 9.17) is 10.3 Å². The molecule has 2 rings (SSSR count). The molecule has 1 fully saturated rings. The Morgan fingerprint density at radius 2 is 2.26 bits per heavy atom. The maximum Gasteiger partial charge on any atom is 0.229 e. The highest BCUT2D eigenvalue weighted by atomic mass is 35.5. The average molecular weight is 345 g/mol.